The molecule has 4 unspecified atom stereocenters. The van der Waals surface area contributed by atoms with E-state index in [-0.39, 0.29) is 53.9 Å². The van der Waals surface area contributed by atoms with Gasteiger partial charge >= 0.3 is 0 Å². The van der Waals surface area contributed by atoms with E-state index in [4.69, 9.17) is 5.32 Å². The van der Waals surface area contributed by atoms with Crippen LogP contribution in [0.1, 0.15) is 222 Å². The van der Waals surface area contributed by atoms with Gasteiger partial charge in [-0.25, -0.2) is 35.1 Å². The zero-order chi connectivity index (χ0) is 53.3. The maximum atomic E-state index is 13.7. The monoisotopic (exact) mass is 1050 g/mol. The molecular formula is C62H100F8N4-4. The maximum absolute atomic E-state index is 13.7. The molecule has 12 heteroatoms. The Morgan fingerprint density at radius 3 is 0.757 bits per heavy atom. The van der Waals surface area contributed by atoms with Gasteiger partial charge in [-0.1, -0.05) is 61.2 Å². The summed E-state index contributed by atoms with van der Waals surface area (Å²) in [4.78, 5) is 0. The highest BCUT2D eigenvalue weighted by Crippen LogP contribution is 2.66. The topological polar surface area (TPSA) is 56.4 Å². The van der Waals surface area contributed by atoms with Crippen molar-refractivity contribution in [1.29, 1.82) is 0 Å². The van der Waals surface area contributed by atoms with Crippen molar-refractivity contribution < 1.29 is 35.1 Å². The van der Waals surface area contributed by atoms with E-state index < -0.39 is 36.7 Å². The van der Waals surface area contributed by atoms with Crippen LogP contribution in [0.2, 0.25) is 0 Å². The fourth-order valence-corrected chi connectivity index (χ4v) is 21.3. The normalized spacial score (nSPS) is 43.5. The van der Waals surface area contributed by atoms with Crippen LogP contribution in [-0.2, 0) is 0 Å². The summed E-state index contributed by atoms with van der Waals surface area (Å²) < 4.78 is 106. The smallest absolute Gasteiger partial charge is 0.251 e. The third kappa shape index (κ3) is 13.5. The van der Waals surface area contributed by atoms with Crippen LogP contribution in [-0.4, -0.2) is 74.0 Å². The summed E-state index contributed by atoms with van der Waals surface area (Å²) in [6.07, 6.45) is 30.7. The van der Waals surface area contributed by atoms with Gasteiger partial charge in [-0.3, -0.25) is 0 Å². The van der Waals surface area contributed by atoms with Gasteiger partial charge in [0.05, 0.1) is 6.42 Å². The molecule has 0 saturated heterocycles. The van der Waals surface area contributed by atoms with Crippen LogP contribution in [0.4, 0.5) is 35.1 Å². The SMILES string of the molecule is CC([N-]CC(C)(F)F)C12CC3CC(CC(C3)C1)C2.CC([N-]CC(F)(F)CC(C)(F)F)C12CC3CC(CC(C3)C1)C2.CCC(F)(F)C[N-]C(C)C12CC3CC(CC(C3)C1)C2.CC[N-]C(C)C12CC3CC(CC(C3)C1)C2. The zero-order valence-corrected chi connectivity index (χ0v) is 47.3. The first-order chi connectivity index (χ1) is 34.6. The lowest BCUT2D eigenvalue weighted by Gasteiger charge is -2.62. The predicted octanol–water partition coefficient (Wildman–Crippen LogP) is 19.3. The minimum Gasteiger partial charge on any atom is -0.660 e. The molecule has 16 saturated carbocycles. The standard InChI is InChI=1S/C17H26F4N.C16H26F2N.C15H24F2N.C14H24N/c1-11(22-10-17(20,21)9-15(2,18)19)16-6-12-3-13(7-16)5-14(4-12)8-16;1-3-16(17,18)10-19-11(2)15-7-12-4-13(8-15)6-14(5-12)9-15;1-10(18-9-14(2,16)17)15-6-11-3-12(7-15)5-13(4-11)8-15;1-3-15-10(2)14-7-11-4-12(8-14)6-13(5-11)9-14/h11-14H,3-10H2,1-2H3;11-14H,3-10H2,1-2H3;10-13H,3-9H2,1-2H3;10-13H,3-9H2,1-2H3/q4*-1. The molecule has 74 heavy (non-hydrogen) atoms. The van der Waals surface area contributed by atoms with Crippen molar-refractivity contribution in [3.63, 3.8) is 0 Å². The molecule has 0 N–H and O–H groups in total. The summed E-state index contributed by atoms with van der Waals surface area (Å²) >= 11 is 0. The molecule has 16 rings (SSSR count). The molecule has 0 aromatic heterocycles. The van der Waals surface area contributed by atoms with Crippen LogP contribution >= 0.6 is 0 Å². The summed E-state index contributed by atoms with van der Waals surface area (Å²) in [7, 11) is 0. The quantitative estimate of drug-likeness (QED) is 0.123. The van der Waals surface area contributed by atoms with Gasteiger partial charge in [0.25, 0.3) is 5.92 Å². The highest BCUT2D eigenvalue weighted by molar-refractivity contribution is 5.15. The van der Waals surface area contributed by atoms with E-state index in [1.54, 1.807) is 26.2 Å². The van der Waals surface area contributed by atoms with Crippen molar-refractivity contribution >= 4 is 0 Å². The van der Waals surface area contributed by atoms with E-state index in [1.807, 2.05) is 6.92 Å². The molecule has 0 radical (unpaired) electrons. The second kappa shape index (κ2) is 22.0. The van der Waals surface area contributed by atoms with Crippen LogP contribution in [0, 0.1) is 92.7 Å². The maximum Gasteiger partial charge on any atom is 0.251 e. The van der Waals surface area contributed by atoms with Crippen LogP contribution in [0.25, 0.3) is 21.3 Å². The van der Waals surface area contributed by atoms with Crippen molar-refractivity contribution in [2.45, 2.75) is 270 Å². The summed E-state index contributed by atoms with van der Waals surface area (Å²) in [5.74, 6) is -1.32. The van der Waals surface area contributed by atoms with E-state index in [0.29, 0.717) is 18.4 Å². The fourth-order valence-electron chi connectivity index (χ4n) is 21.3. The fraction of sp³-hybridized carbons (Fsp3) is 1.00. The minimum atomic E-state index is -3.41. The highest BCUT2D eigenvalue weighted by Gasteiger charge is 2.55. The number of halogens is 8. The molecule has 0 spiro atoms. The van der Waals surface area contributed by atoms with Crippen molar-refractivity contribution in [3.05, 3.63) is 21.3 Å². The summed E-state index contributed by atoms with van der Waals surface area (Å²) in [5, 5.41) is 17.7. The van der Waals surface area contributed by atoms with Crippen molar-refractivity contribution in [1.82, 2.24) is 0 Å². The molecule has 4 nitrogen and oxygen atoms in total. The van der Waals surface area contributed by atoms with Crippen molar-refractivity contribution in [2.24, 2.45) is 92.7 Å². The highest BCUT2D eigenvalue weighted by atomic mass is 19.3. The molecule has 0 aliphatic heterocycles. The van der Waals surface area contributed by atoms with Gasteiger partial charge in [-0.2, -0.15) is 6.54 Å². The first-order valence-electron chi connectivity index (χ1n) is 30.7. The molecule has 16 aliphatic rings. The first kappa shape index (κ1) is 58.0. The van der Waals surface area contributed by atoms with E-state index in [1.165, 1.54) is 116 Å². The van der Waals surface area contributed by atoms with Crippen molar-refractivity contribution in [2.75, 3.05) is 26.2 Å². The molecular weight excluding hydrogens is 953 g/mol. The Bertz CT molecular complexity index is 1700. The number of hydrogen-bond donors (Lipinski definition) is 0. The van der Waals surface area contributed by atoms with E-state index in [2.05, 4.69) is 43.6 Å². The second-order valence-corrected chi connectivity index (χ2v) is 29.7. The third-order valence-corrected chi connectivity index (χ3v) is 23.3. The average molecular weight is 1050 g/mol. The third-order valence-electron chi connectivity index (χ3n) is 23.3. The van der Waals surface area contributed by atoms with Gasteiger partial charge in [0.1, 0.15) is 0 Å². The van der Waals surface area contributed by atoms with Gasteiger partial charge in [0.2, 0.25) is 17.8 Å². The van der Waals surface area contributed by atoms with Crippen molar-refractivity contribution in [3.8, 4) is 0 Å². The molecule has 16 aliphatic carbocycles. The Labute approximate surface area is 443 Å². The van der Waals surface area contributed by atoms with Crippen LogP contribution in [0.3, 0.4) is 0 Å². The number of hydrogen-bond acceptors (Lipinski definition) is 0. The second-order valence-electron chi connectivity index (χ2n) is 29.7. The van der Waals surface area contributed by atoms with Gasteiger partial charge in [0.15, 0.2) is 0 Å². The van der Waals surface area contributed by atoms with Crippen LogP contribution in [0.15, 0.2) is 0 Å². The van der Waals surface area contributed by atoms with Gasteiger partial charge in [-0.15, -0.1) is 24.2 Å². The molecule has 428 valence electrons. The van der Waals surface area contributed by atoms with E-state index in [9.17, 15) is 35.1 Å². The largest absolute Gasteiger partial charge is 0.660 e. The lowest BCUT2D eigenvalue weighted by molar-refractivity contribution is -0.0946. The number of alkyl halides is 8. The Morgan fingerprint density at radius 2 is 0.554 bits per heavy atom. The molecule has 0 heterocycles. The molecule has 4 atom stereocenters. The van der Waals surface area contributed by atoms with Gasteiger partial charge < -0.3 is 21.3 Å². The molecule has 0 amide bonds. The van der Waals surface area contributed by atoms with Crippen LogP contribution in [0.5, 0.6) is 0 Å². The van der Waals surface area contributed by atoms with E-state index >= 15 is 0 Å². The van der Waals surface area contributed by atoms with Gasteiger partial charge in [0, 0.05) is 6.42 Å². The first-order valence-corrected chi connectivity index (χ1v) is 30.7. The molecule has 16 bridgehead atoms. The van der Waals surface area contributed by atoms with Crippen LogP contribution < -0.4 is 0 Å². The predicted molar refractivity (Wildman–Crippen MR) is 285 cm³/mol. The molecule has 16 fully saturated rings. The van der Waals surface area contributed by atoms with Gasteiger partial charge in [-0.05, 0) is 261 Å². The summed E-state index contributed by atoms with van der Waals surface area (Å²) in [6.45, 7) is 13.4. The summed E-state index contributed by atoms with van der Waals surface area (Å²) in [5.41, 5.74) is 1.27. The Hall–Kier alpha value is -0.720. The Kier molecular flexibility index (Phi) is 17.2. The Balaban J connectivity index is 0.000000122. The number of rotatable bonds is 18. The minimum absolute atomic E-state index is 0.0690. The molecule has 0 aromatic carbocycles. The Morgan fingerprint density at radius 1 is 0.338 bits per heavy atom. The number of nitrogens with zero attached hydrogens (tertiary/aromatic N) is 4. The average Bonchev–Trinajstić information content (AvgIpc) is 3.27. The lowest BCUT2D eigenvalue weighted by atomic mass is 9.48. The molecule has 0 aromatic rings. The summed E-state index contributed by atoms with van der Waals surface area (Å²) in [6, 6.07) is 0.739. The lowest BCUT2D eigenvalue weighted by Crippen LogP contribution is -2.51. The van der Waals surface area contributed by atoms with E-state index in [0.717, 1.165) is 104 Å². The zero-order valence-electron chi connectivity index (χ0n) is 47.3.